The van der Waals surface area contributed by atoms with Gasteiger partial charge in [0.2, 0.25) is 0 Å². The van der Waals surface area contributed by atoms with E-state index in [1.165, 1.54) is 10.9 Å². The average molecular weight is 298 g/mol. The molecular weight excluding hydrogens is 280 g/mol. The van der Waals surface area contributed by atoms with E-state index in [1.807, 2.05) is 30.8 Å². The van der Waals surface area contributed by atoms with Crippen LogP contribution in [0.1, 0.15) is 11.3 Å². The van der Waals surface area contributed by atoms with Gasteiger partial charge in [0.15, 0.2) is 0 Å². The van der Waals surface area contributed by atoms with Crippen LogP contribution in [-0.2, 0) is 13.1 Å². The van der Waals surface area contributed by atoms with Crippen LogP contribution < -0.4 is 5.32 Å². The molecule has 5 heteroatoms. The first-order valence-electron chi connectivity index (χ1n) is 6.88. The molecule has 0 bridgehead atoms. The molecule has 21 heavy (non-hydrogen) atoms. The van der Waals surface area contributed by atoms with Gasteiger partial charge in [-0.15, -0.1) is 11.3 Å². The maximum Gasteiger partial charge on any atom is 0.130 e. The third kappa shape index (κ3) is 3.20. The first-order valence-corrected chi connectivity index (χ1v) is 7.82. The van der Waals surface area contributed by atoms with Crippen molar-refractivity contribution in [2.45, 2.75) is 13.1 Å². The molecule has 0 aliphatic rings. The zero-order valence-electron chi connectivity index (χ0n) is 12.2. The number of para-hydroxylation sites is 1. The maximum atomic E-state index is 4.69. The fourth-order valence-electron chi connectivity index (χ4n) is 2.44. The highest BCUT2D eigenvalue weighted by atomic mass is 32.1. The second-order valence-electron chi connectivity index (χ2n) is 5.09. The standard InChI is InChI=1S/C16H18N4S/c1-17-16-13(7-12-5-3-4-6-15(12)19-16)8-20(2)9-14-10-21-11-18-14/h3-7,10-11H,8-9H2,1-2H3,(H,17,19). The minimum Gasteiger partial charge on any atom is -0.373 e. The Morgan fingerprint density at radius 1 is 1.24 bits per heavy atom. The van der Waals surface area contributed by atoms with Crippen molar-refractivity contribution in [3.63, 3.8) is 0 Å². The Hall–Kier alpha value is -1.98. The number of rotatable bonds is 5. The van der Waals surface area contributed by atoms with Crippen LogP contribution in [-0.4, -0.2) is 29.0 Å². The van der Waals surface area contributed by atoms with Crippen molar-refractivity contribution in [3.8, 4) is 0 Å². The Kier molecular flexibility index (Phi) is 4.13. The molecule has 4 nitrogen and oxygen atoms in total. The first-order chi connectivity index (χ1) is 10.3. The average Bonchev–Trinajstić information content (AvgIpc) is 2.99. The molecule has 0 atom stereocenters. The van der Waals surface area contributed by atoms with Gasteiger partial charge in [0.25, 0.3) is 0 Å². The Bertz CT molecular complexity index is 724. The molecule has 0 saturated heterocycles. The second kappa shape index (κ2) is 6.20. The number of anilines is 1. The smallest absolute Gasteiger partial charge is 0.130 e. The zero-order valence-corrected chi connectivity index (χ0v) is 13.0. The van der Waals surface area contributed by atoms with Crippen LogP contribution in [0.15, 0.2) is 41.2 Å². The second-order valence-corrected chi connectivity index (χ2v) is 5.81. The molecule has 2 aromatic heterocycles. The molecule has 3 rings (SSSR count). The summed E-state index contributed by atoms with van der Waals surface area (Å²) in [6.07, 6.45) is 0. The summed E-state index contributed by atoms with van der Waals surface area (Å²) < 4.78 is 0. The molecule has 0 saturated carbocycles. The predicted molar refractivity (Wildman–Crippen MR) is 88.6 cm³/mol. The molecule has 2 heterocycles. The largest absolute Gasteiger partial charge is 0.373 e. The van der Waals surface area contributed by atoms with Crippen LogP contribution in [0.5, 0.6) is 0 Å². The van der Waals surface area contributed by atoms with Gasteiger partial charge in [-0.1, -0.05) is 18.2 Å². The molecule has 108 valence electrons. The fraction of sp³-hybridized carbons (Fsp3) is 0.250. The van der Waals surface area contributed by atoms with Crippen LogP contribution in [0.4, 0.5) is 5.82 Å². The Labute approximate surface area is 128 Å². The van der Waals surface area contributed by atoms with E-state index in [2.05, 4.69) is 39.8 Å². The van der Waals surface area contributed by atoms with Crippen molar-refractivity contribution in [2.24, 2.45) is 0 Å². The van der Waals surface area contributed by atoms with Crippen LogP contribution in [0.25, 0.3) is 10.9 Å². The van der Waals surface area contributed by atoms with E-state index in [4.69, 9.17) is 4.98 Å². The summed E-state index contributed by atoms with van der Waals surface area (Å²) in [5, 5.41) is 6.47. The topological polar surface area (TPSA) is 41.1 Å². The number of hydrogen-bond donors (Lipinski definition) is 1. The van der Waals surface area contributed by atoms with Gasteiger partial charge in [0.1, 0.15) is 5.82 Å². The van der Waals surface area contributed by atoms with Gasteiger partial charge in [0, 0.05) is 36.5 Å². The van der Waals surface area contributed by atoms with E-state index in [0.717, 1.165) is 30.1 Å². The summed E-state index contributed by atoms with van der Waals surface area (Å²) in [6, 6.07) is 10.4. The van der Waals surface area contributed by atoms with Crippen LogP contribution >= 0.6 is 11.3 Å². The van der Waals surface area contributed by atoms with Crippen LogP contribution in [0.2, 0.25) is 0 Å². The summed E-state index contributed by atoms with van der Waals surface area (Å²) in [5.74, 6) is 0.943. The Morgan fingerprint density at radius 2 is 2.10 bits per heavy atom. The lowest BCUT2D eigenvalue weighted by atomic mass is 10.1. The molecule has 0 aliphatic heterocycles. The summed E-state index contributed by atoms with van der Waals surface area (Å²) in [6.45, 7) is 1.69. The number of fused-ring (bicyclic) bond motifs is 1. The van der Waals surface area contributed by atoms with Crippen LogP contribution in [0.3, 0.4) is 0 Å². The lowest BCUT2D eigenvalue weighted by Crippen LogP contribution is -2.18. The Morgan fingerprint density at radius 3 is 2.86 bits per heavy atom. The molecule has 0 radical (unpaired) electrons. The molecule has 0 unspecified atom stereocenters. The molecule has 0 spiro atoms. The number of benzene rings is 1. The first kappa shape index (κ1) is 14.0. The third-order valence-corrected chi connectivity index (χ3v) is 4.03. The van der Waals surface area contributed by atoms with E-state index in [1.54, 1.807) is 11.3 Å². The predicted octanol–water partition coefficient (Wildman–Crippen LogP) is 3.37. The molecule has 0 aliphatic carbocycles. The number of nitrogens with one attached hydrogen (secondary N) is 1. The molecular formula is C16H18N4S. The molecule has 0 amide bonds. The normalized spacial score (nSPS) is 11.2. The van der Waals surface area contributed by atoms with E-state index >= 15 is 0 Å². The van der Waals surface area contributed by atoms with Gasteiger partial charge >= 0.3 is 0 Å². The molecule has 1 aromatic carbocycles. The zero-order chi connectivity index (χ0) is 14.7. The summed E-state index contributed by atoms with van der Waals surface area (Å²) in [5.41, 5.74) is 5.21. The molecule has 3 aromatic rings. The van der Waals surface area contributed by atoms with Gasteiger partial charge in [-0.3, -0.25) is 4.90 Å². The number of pyridine rings is 1. The number of hydrogen-bond acceptors (Lipinski definition) is 5. The summed E-state index contributed by atoms with van der Waals surface area (Å²) >= 11 is 1.63. The van der Waals surface area contributed by atoms with Crippen molar-refractivity contribution in [1.82, 2.24) is 14.9 Å². The highest BCUT2D eigenvalue weighted by Crippen LogP contribution is 2.21. The number of thiazole rings is 1. The lowest BCUT2D eigenvalue weighted by molar-refractivity contribution is 0.316. The van der Waals surface area contributed by atoms with Gasteiger partial charge in [0.05, 0.1) is 16.7 Å². The minimum atomic E-state index is 0.839. The molecule has 1 N–H and O–H groups in total. The van der Waals surface area contributed by atoms with Gasteiger partial charge in [-0.2, -0.15) is 0 Å². The highest BCUT2D eigenvalue weighted by molar-refractivity contribution is 7.07. The van der Waals surface area contributed by atoms with E-state index in [-0.39, 0.29) is 0 Å². The minimum absolute atomic E-state index is 0.839. The van der Waals surface area contributed by atoms with Crippen molar-refractivity contribution in [2.75, 3.05) is 19.4 Å². The van der Waals surface area contributed by atoms with Gasteiger partial charge in [-0.05, 0) is 19.2 Å². The lowest BCUT2D eigenvalue weighted by Gasteiger charge is -2.18. The van der Waals surface area contributed by atoms with Crippen molar-refractivity contribution >= 4 is 28.1 Å². The number of nitrogens with zero attached hydrogens (tertiary/aromatic N) is 3. The Balaban J connectivity index is 1.84. The van der Waals surface area contributed by atoms with E-state index in [0.29, 0.717) is 0 Å². The van der Waals surface area contributed by atoms with Crippen molar-refractivity contribution in [3.05, 3.63) is 52.5 Å². The van der Waals surface area contributed by atoms with E-state index < -0.39 is 0 Å². The van der Waals surface area contributed by atoms with Crippen LogP contribution in [0, 0.1) is 0 Å². The summed E-state index contributed by atoms with van der Waals surface area (Å²) in [4.78, 5) is 11.3. The monoisotopic (exact) mass is 298 g/mol. The van der Waals surface area contributed by atoms with E-state index in [9.17, 15) is 0 Å². The summed E-state index contributed by atoms with van der Waals surface area (Å²) in [7, 11) is 4.02. The number of aromatic nitrogens is 2. The quantitative estimate of drug-likeness (QED) is 0.784. The van der Waals surface area contributed by atoms with Crippen molar-refractivity contribution in [1.29, 1.82) is 0 Å². The maximum absolute atomic E-state index is 4.69. The SMILES string of the molecule is CNc1nc2ccccc2cc1CN(C)Cc1cscn1. The van der Waals surface area contributed by atoms with Crippen molar-refractivity contribution < 1.29 is 0 Å². The van der Waals surface area contributed by atoms with Gasteiger partial charge < -0.3 is 5.32 Å². The third-order valence-electron chi connectivity index (χ3n) is 3.40. The highest BCUT2D eigenvalue weighted by Gasteiger charge is 2.09. The van der Waals surface area contributed by atoms with Gasteiger partial charge in [-0.25, -0.2) is 9.97 Å². The fourth-order valence-corrected chi connectivity index (χ4v) is 2.99. The molecule has 0 fully saturated rings.